The molecule has 0 spiro atoms. The van der Waals surface area contributed by atoms with Crippen molar-refractivity contribution in [1.82, 2.24) is 5.32 Å². The van der Waals surface area contributed by atoms with E-state index in [0.29, 0.717) is 11.8 Å². The van der Waals surface area contributed by atoms with Gasteiger partial charge in [0.1, 0.15) is 9.84 Å². The minimum atomic E-state index is -2.79. The smallest absolute Gasteiger partial charge is 0.150 e. The van der Waals surface area contributed by atoms with Crippen LogP contribution >= 0.6 is 0 Å². The fourth-order valence-electron chi connectivity index (χ4n) is 3.11. The molecule has 0 aromatic rings. The maximum atomic E-state index is 11.5. The molecule has 1 unspecified atom stereocenters. The molecule has 1 rings (SSSR count). The number of sulfone groups is 1. The van der Waals surface area contributed by atoms with E-state index in [1.54, 1.807) is 6.92 Å². The lowest BCUT2D eigenvalue weighted by atomic mass is 9.84. The van der Waals surface area contributed by atoms with E-state index in [1.165, 1.54) is 38.5 Å². The zero-order chi connectivity index (χ0) is 14.1. The Kier molecular flexibility index (Phi) is 8.00. The van der Waals surface area contributed by atoms with Crippen molar-refractivity contribution in [1.29, 1.82) is 0 Å². The Labute approximate surface area is 119 Å². The molecule has 3 nitrogen and oxygen atoms in total. The van der Waals surface area contributed by atoms with E-state index in [0.717, 1.165) is 25.3 Å². The van der Waals surface area contributed by atoms with Crippen LogP contribution in [0.1, 0.15) is 65.2 Å². The highest BCUT2D eigenvalue weighted by molar-refractivity contribution is 7.91. The zero-order valence-corrected chi connectivity index (χ0v) is 13.5. The lowest BCUT2D eigenvalue weighted by molar-refractivity contribution is 0.292. The van der Waals surface area contributed by atoms with E-state index >= 15 is 0 Å². The van der Waals surface area contributed by atoms with Crippen LogP contribution in [0.4, 0.5) is 0 Å². The van der Waals surface area contributed by atoms with Crippen molar-refractivity contribution in [2.75, 3.05) is 18.1 Å². The van der Waals surface area contributed by atoms with E-state index in [1.807, 2.05) is 0 Å². The largest absolute Gasteiger partial charge is 0.314 e. The second-order valence-corrected chi connectivity index (χ2v) is 8.35. The third kappa shape index (κ3) is 7.31. The van der Waals surface area contributed by atoms with Crippen LogP contribution in [0.2, 0.25) is 0 Å². The van der Waals surface area contributed by atoms with Gasteiger partial charge in [0, 0.05) is 11.8 Å². The average molecular weight is 289 g/mol. The van der Waals surface area contributed by atoms with Gasteiger partial charge in [-0.25, -0.2) is 8.42 Å². The summed E-state index contributed by atoms with van der Waals surface area (Å²) in [5, 5.41) is 3.54. The van der Waals surface area contributed by atoms with Gasteiger partial charge in [-0.1, -0.05) is 46.0 Å². The van der Waals surface area contributed by atoms with E-state index < -0.39 is 9.84 Å². The van der Waals surface area contributed by atoms with Crippen LogP contribution in [0.5, 0.6) is 0 Å². The summed E-state index contributed by atoms with van der Waals surface area (Å²) in [7, 11) is -2.79. The van der Waals surface area contributed by atoms with Gasteiger partial charge in [-0.3, -0.25) is 0 Å². The molecular weight excluding hydrogens is 258 g/mol. The molecule has 1 fully saturated rings. The molecule has 0 bridgehead atoms. The predicted octanol–water partition coefficient (Wildman–Crippen LogP) is 3.15. The Bertz CT molecular complexity index is 321. The van der Waals surface area contributed by atoms with Crippen molar-refractivity contribution in [2.24, 2.45) is 5.92 Å². The van der Waals surface area contributed by atoms with Crippen LogP contribution in [-0.2, 0) is 9.84 Å². The van der Waals surface area contributed by atoms with Crippen LogP contribution in [0, 0.1) is 5.92 Å². The minimum absolute atomic E-state index is 0.279. The van der Waals surface area contributed by atoms with Crippen LogP contribution in [0.25, 0.3) is 0 Å². The first-order chi connectivity index (χ1) is 9.07. The average Bonchev–Trinajstić information content (AvgIpc) is 2.40. The van der Waals surface area contributed by atoms with E-state index in [2.05, 4.69) is 12.2 Å². The summed E-state index contributed by atoms with van der Waals surface area (Å²) >= 11 is 0. The second kappa shape index (κ2) is 8.96. The molecule has 0 amide bonds. The van der Waals surface area contributed by atoms with E-state index in [9.17, 15) is 8.42 Å². The van der Waals surface area contributed by atoms with Gasteiger partial charge in [0.05, 0.1) is 5.75 Å². The molecule has 1 N–H and O–H groups in total. The number of nitrogens with one attached hydrogen (secondary N) is 1. The maximum absolute atomic E-state index is 11.5. The topological polar surface area (TPSA) is 46.2 Å². The number of hydrogen-bond acceptors (Lipinski definition) is 3. The van der Waals surface area contributed by atoms with Crippen molar-refractivity contribution in [3.8, 4) is 0 Å². The third-order valence-electron chi connectivity index (χ3n) is 4.28. The third-order valence-corrected chi connectivity index (χ3v) is 6.07. The molecule has 0 aromatic carbocycles. The van der Waals surface area contributed by atoms with E-state index in [-0.39, 0.29) is 5.75 Å². The Morgan fingerprint density at radius 2 is 1.84 bits per heavy atom. The van der Waals surface area contributed by atoms with Crippen LogP contribution < -0.4 is 5.32 Å². The maximum Gasteiger partial charge on any atom is 0.150 e. The lowest BCUT2D eigenvalue weighted by Gasteiger charge is -2.27. The van der Waals surface area contributed by atoms with Crippen LogP contribution in [0.15, 0.2) is 0 Å². The van der Waals surface area contributed by atoms with Gasteiger partial charge in [-0.2, -0.15) is 0 Å². The highest BCUT2D eigenvalue weighted by Gasteiger charge is 2.19. The molecule has 0 aromatic heterocycles. The molecule has 1 aliphatic rings. The molecule has 0 aliphatic heterocycles. The Morgan fingerprint density at radius 1 is 1.16 bits per heavy atom. The molecular formula is C15H31NO2S. The van der Waals surface area contributed by atoms with Crippen molar-refractivity contribution in [3.05, 3.63) is 0 Å². The van der Waals surface area contributed by atoms with Gasteiger partial charge in [0.25, 0.3) is 0 Å². The zero-order valence-electron chi connectivity index (χ0n) is 12.7. The SMILES string of the molecule is CCNC(CCCS(=O)(=O)CC)CC1CCCCC1. The van der Waals surface area contributed by atoms with Crippen molar-refractivity contribution < 1.29 is 8.42 Å². The summed E-state index contributed by atoms with van der Waals surface area (Å²) in [6, 6.07) is 0.514. The minimum Gasteiger partial charge on any atom is -0.314 e. The first-order valence-electron chi connectivity index (χ1n) is 8.01. The summed E-state index contributed by atoms with van der Waals surface area (Å²) in [5.41, 5.74) is 0. The van der Waals surface area contributed by atoms with Gasteiger partial charge in [-0.05, 0) is 31.7 Å². The fraction of sp³-hybridized carbons (Fsp3) is 1.00. The van der Waals surface area contributed by atoms with Gasteiger partial charge in [0.15, 0.2) is 0 Å². The Hall–Kier alpha value is -0.0900. The summed E-state index contributed by atoms with van der Waals surface area (Å²) < 4.78 is 23.0. The normalized spacial score (nSPS) is 19.5. The summed E-state index contributed by atoms with van der Waals surface area (Å²) in [5.74, 6) is 1.50. The second-order valence-electron chi connectivity index (χ2n) is 5.87. The van der Waals surface area contributed by atoms with Crippen LogP contribution in [0.3, 0.4) is 0 Å². The summed E-state index contributed by atoms with van der Waals surface area (Å²) in [4.78, 5) is 0. The quantitative estimate of drug-likeness (QED) is 0.709. The standard InChI is InChI=1S/C15H31NO2S/c1-3-16-15(11-8-12-19(17,18)4-2)13-14-9-6-5-7-10-14/h14-16H,3-13H2,1-2H3. The highest BCUT2D eigenvalue weighted by atomic mass is 32.2. The first kappa shape index (κ1) is 17.0. The van der Waals surface area contributed by atoms with Gasteiger partial charge in [-0.15, -0.1) is 0 Å². The summed E-state index contributed by atoms with van der Waals surface area (Å²) in [6.07, 6.45) is 9.95. The Morgan fingerprint density at radius 3 is 2.42 bits per heavy atom. The van der Waals surface area contributed by atoms with Gasteiger partial charge in [0.2, 0.25) is 0 Å². The predicted molar refractivity (Wildman–Crippen MR) is 82.2 cm³/mol. The highest BCUT2D eigenvalue weighted by Crippen LogP contribution is 2.28. The lowest BCUT2D eigenvalue weighted by Crippen LogP contribution is -2.32. The molecule has 0 radical (unpaired) electrons. The first-order valence-corrected chi connectivity index (χ1v) is 9.83. The molecule has 1 atom stereocenters. The number of hydrogen-bond donors (Lipinski definition) is 1. The molecule has 4 heteroatoms. The molecule has 0 saturated heterocycles. The molecule has 1 saturated carbocycles. The monoisotopic (exact) mass is 289 g/mol. The molecule has 19 heavy (non-hydrogen) atoms. The van der Waals surface area contributed by atoms with Gasteiger partial charge >= 0.3 is 0 Å². The van der Waals surface area contributed by atoms with Gasteiger partial charge < -0.3 is 5.32 Å². The summed E-state index contributed by atoms with van der Waals surface area (Å²) in [6.45, 7) is 4.85. The molecule has 114 valence electrons. The van der Waals surface area contributed by atoms with Crippen molar-refractivity contribution in [2.45, 2.75) is 71.3 Å². The Balaban J connectivity index is 2.31. The van der Waals surface area contributed by atoms with Crippen molar-refractivity contribution >= 4 is 9.84 Å². The van der Waals surface area contributed by atoms with Crippen LogP contribution in [-0.4, -0.2) is 32.5 Å². The van der Waals surface area contributed by atoms with Crippen molar-refractivity contribution in [3.63, 3.8) is 0 Å². The van der Waals surface area contributed by atoms with E-state index in [4.69, 9.17) is 0 Å². The number of rotatable bonds is 9. The fourth-order valence-corrected chi connectivity index (χ4v) is 4.01. The molecule has 1 aliphatic carbocycles. The molecule has 0 heterocycles.